The van der Waals surface area contributed by atoms with Crippen LogP contribution >= 0.6 is 46.1 Å². The summed E-state index contributed by atoms with van der Waals surface area (Å²) in [5.74, 6) is 1.01. The molecule has 0 radical (unpaired) electrons. The molecule has 8 heterocycles. The number of fused-ring (bicyclic) bond motifs is 4. The Hall–Kier alpha value is -6.36. The zero-order valence-corrected chi connectivity index (χ0v) is 38.2. The average molecular weight is 919 g/mol. The summed E-state index contributed by atoms with van der Waals surface area (Å²) in [6.07, 6.45) is 9.92. The molecule has 0 amide bonds. The molecule has 0 bridgehead atoms. The second-order valence-electron chi connectivity index (χ2n) is 15.4. The third kappa shape index (κ3) is 6.44. The van der Waals surface area contributed by atoms with Crippen LogP contribution in [0.5, 0.6) is 0 Å². The molecule has 22 heteroatoms. The molecule has 8 aromatic heterocycles. The largest absolute Gasteiger partial charge is 0.332 e. The highest BCUT2D eigenvalue weighted by Gasteiger charge is 2.25. The van der Waals surface area contributed by atoms with Gasteiger partial charge < -0.3 is 9.13 Å². The van der Waals surface area contributed by atoms with Gasteiger partial charge in [0.05, 0.1) is 33.2 Å². The molecule has 320 valence electrons. The van der Waals surface area contributed by atoms with Crippen molar-refractivity contribution in [2.75, 3.05) is 0 Å². The molecule has 2 aromatic carbocycles. The SMILES string of the molecule is CCCCCCCCn1c(=O)c2c(nc(-c3ccc(-c4cnc(-c5ncc(-c6ccc(-c7nc8c(c(=O)n(C)c(=O)n8C)n7C)c7nsnc67)s5)s4)c4nsnc34)n2C)n(C)c1=O. The molecular formula is C41H38N14O4S4. The van der Waals surface area contributed by atoms with E-state index in [4.69, 9.17) is 19.9 Å². The predicted molar refractivity (Wildman–Crippen MR) is 249 cm³/mol. The van der Waals surface area contributed by atoms with Gasteiger partial charge in [-0.3, -0.25) is 27.9 Å². The van der Waals surface area contributed by atoms with Gasteiger partial charge in [0.25, 0.3) is 11.1 Å². The van der Waals surface area contributed by atoms with E-state index in [1.165, 1.54) is 49.8 Å². The van der Waals surface area contributed by atoms with Gasteiger partial charge in [-0.25, -0.2) is 29.5 Å². The molecule has 0 saturated carbocycles. The molecule has 0 saturated heterocycles. The molecule has 0 N–H and O–H groups in total. The second kappa shape index (κ2) is 15.8. The third-order valence-electron chi connectivity index (χ3n) is 11.6. The first-order valence-electron chi connectivity index (χ1n) is 20.2. The lowest BCUT2D eigenvalue weighted by Gasteiger charge is -2.09. The van der Waals surface area contributed by atoms with Crippen LogP contribution < -0.4 is 22.5 Å². The van der Waals surface area contributed by atoms with Crippen LogP contribution in [-0.4, -0.2) is 64.8 Å². The van der Waals surface area contributed by atoms with Crippen LogP contribution in [0.4, 0.5) is 0 Å². The fraction of sp³-hybridized carbons (Fsp3) is 0.317. The summed E-state index contributed by atoms with van der Waals surface area (Å²) in [5, 5.41) is 1.46. The first kappa shape index (κ1) is 40.7. The first-order valence-corrected chi connectivity index (χ1v) is 23.3. The smallest absolute Gasteiger partial charge is 0.321 e. The molecule has 0 atom stereocenters. The van der Waals surface area contributed by atoms with Crippen molar-refractivity contribution < 1.29 is 0 Å². The zero-order chi connectivity index (χ0) is 43.8. The Morgan fingerprint density at radius 1 is 0.508 bits per heavy atom. The summed E-state index contributed by atoms with van der Waals surface area (Å²) < 4.78 is 27.3. The van der Waals surface area contributed by atoms with Crippen molar-refractivity contribution in [3.63, 3.8) is 0 Å². The average Bonchev–Trinajstić information content (AvgIpc) is 4.15. The maximum Gasteiger partial charge on any atom is 0.332 e. The van der Waals surface area contributed by atoms with Gasteiger partial charge in [-0.15, -0.1) is 22.7 Å². The summed E-state index contributed by atoms with van der Waals surface area (Å²) in [7, 11) is 8.25. The lowest BCUT2D eigenvalue weighted by atomic mass is 10.1. The lowest BCUT2D eigenvalue weighted by Crippen LogP contribution is -2.39. The van der Waals surface area contributed by atoms with Crippen LogP contribution in [0.15, 0.2) is 55.8 Å². The molecule has 0 aliphatic rings. The minimum atomic E-state index is -0.454. The topological polar surface area (TPSA) is 201 Å². The molecule has 0 spiro atoms. The van der Waals surface area contributed by atoms with Crippen molar-refractivity contribution >= 4 is 90.5 Å². The number of unbranched alkanes of at least 4 members (excludes halogenated alkanes) is 5. The van der Waals surface area contributed by atoms with Crippen LogP contribution in [0.1, 0.15) is 45.4 Å². The van der Waals surface area contributed by atoms with E-state index in [2.05, 4.69) is 24.4 Å². The predicted octanol–water partition coefficient (Wildman–Crippen LogP) is 6.34. The summed E-state index contributed by atoms with van der Waals surface area (Å²) >= 11 is 5.14. The van der Waals surface area contributed by atoms with Crippen molar-refractivity contribution in [2.24, 2.45) is 35.2 Å². The number of hydrogen-bond acceptors (Lipinski definition) is 16. The van der Waals surface area contributed by atoms with Crippen molar-refractivity contribution in [1.29, 1.82) is 0 Å². The van der Waals surface area contributed by atoms with E-state index in [-0.39, 0.29) is 11.2 Å². The van der Waals surface area contributed by atoms with Crippen molar-refractivity contribution in [3.05, 3.63) is 78.3 Å². The van der Waals surface area contributed by atoms with Gasteiger partial charge in [0.2, 0.25) is 0 Å². The van der Waals surface area contributed by atoms with Crippen LogP contribution in [0.2, 0.25) is 0 Å². The number of imidazole rings is 2. The minimum absolute atomic E-state index is 0.292. The molecule has 10 rings (SSSR count). The van der Waals surface area contributed by atoms with E-state index in [1.54, 1.807) is 43.5 Å². The number of rotatable bonds is 12. The van der Waals surface area contributed by atoms with E-state index in [1.807, 2.05) is 30.5 Å². The molecule has 10 aromatic rings. The van der Waals surface area contributed by atoms with Crippen LogP contribution in [0, 0.1) is 0 Å². The van der Waals surface area contributed by atoms with Gasteiger partial charge in [-0.2, -0.15) is 17.5 Å². The number of benzene rings is 2. The lowest BCUT2D eigenvalue weighted by molar-refractivity contribution is 0.526. The molecule has 0 unspecified atom stereocenters. The number of thiazole rings is 2. The van der Waals surface area contributed by atoms with E-state index >= 15 is 0 Å². The van der Waals surface area contributed by atoms with Gasteiger partial charge in [-0.1, -0.05) is 51.2 Å². The van der Waals surface area contributed by atoms with Crippen molar-refractivity contribution in [3.8, 4) is 53.7 Å². The highest BCUT2D eigenvalue weighted by Crippen LogP contribution is 2.42. The standard InChI is InChI=1S/C41H38N14O4S4/c1-7-8-9-10-11-12-17-55-39(57)31-35(53(5)41(55)59)45-33(51(31)3)23-16-14-21(27-29(23)49-63-47-27)25-19-43-37(61-25)36-42-18-24(60-36)20-13-15-22(28-26(20)46-62-48-28)32-44-34-30(50(32)2)38(56)54(6)40(58)52(34)4/h13-16,18-19H,7-12,17H2,1-6H3. The summed E-state index contributed by atoms with van der Waals surface area (Å²) in [5.41, 5.74) is 5.36. The van der Waals surface area contributed by atoms with E-state index in [0.29, 0.717) is 73.7 Å². The third-order valence-corrected chi connectivity index (χ3v) is 14.9. The monoisotopic (exact) mass is 918 g/mol. The molecule has 63 heavy (non-hydrogen) atoms. The molecule has 18 nitrogen and oxygen atoms in total. The first-order chi connectivity index (χ1) is 30.5. The fourth-order valence-electron chi connectivity index (χ4n) is 8.18. The second-order valence-corrected chi connectivity index (χ2v) is 18.5. The van der Waals surface area contributed by atoms with E-state index in [0.717, 1.165) is 91.0 Å². The van der Waals surface area contributed by atoms with E-state index in [9.17, 15) is 19.2 Å². The number of nitrogens with zero attached hydrogens (tertiary/aromatic N) is 14. The maximum atomic E-state index is 13.8. The van der Waals surface area contributed by atoms with Crippen LogP contribution in [0.3, 0.4) is 0 Å². The normalized spacial score (nSPS) is 12.0. The maximum absolute atomic E-state index is 13.8. The molecule has 0 fully saturated rings. The van der Waals surface area contributed by atoms with Gasteiger partial charge in [0.1, 0.15) is 33.7 Å². The van der Waals surface area contributed by atoms with Crippen LogP contribution in [-0.2, 0) is 41.8 Å². The fourth-order valence-corrected chi connectivity index (χ4v) is 11.2. The molecule has 0 aliphatic carbocycles. The Morgan fingerprint density at radius 2 is 0.952 bits per heavy atom. The van der Waals surface area contributed by atoms with Gasteiger partial charge in [0.15, 0.2) is 32.3 Å². The molecular weight excluding hydrogens is 881 g/mol. The van der Waals surface area contributed by atoms with Gasteiger partial charge in [0, 0.05) is 76.4 Å². The van der Waals surface area contributed by atoms with Crippen LogP contribution in [0.25, 0.3) is 98.1 Å². The Bertz CT molecular complexity index is 3700. The van der Waals surface area contributed by atoms with Gasteiger partial charge in [-0.05, 0) is 18.6 Å². The quantitative estimate of drug-likeness (QED) is 0.123. The minimum Gasteiger partial charge on any atom is -0.321 e. The van der Waals surface area contributed by atoms with Crippen molar-refractivity contribution in [2.45, 2.75) is 52.0 Å². The Morgan fingerprint density at radius 3 is 1.48 bits per heavy atom. The van der Waals surface area contributed by atoms with Gasteiger partial charge >= 0.3 is 11.4 Å². The summed E-state index contributed by atoms with van der Waals surface area (Å²) in [6.45, 7) is 2.54. The summed E-state index contributed by atoms with van der Waals surface area (Å²) in [6, 6.07) is 7.75. The van der Waals surface area contributed by atoms with Crippen molar-refractivity contribution in [1.82, 2.24) is 64.8 Å². The number of aryl methyl sites for hydroxylation is 4. The Kier molecular flexibility index (Phi) is 10.2. The highest BCUT2D eigenvalue weighted by molar-refractivity contribution is 7.24. The zero-order valence-electron chi connectivity index (χ0n) is 34.9. The molecule has 0 aliphatic heterocycles. The number of hydrogen-bond donors (Lipinski definition) is 0. The number of aromatic nitrogens is 14. The Labute approximate surface area is 372 Å². The summed E-state index contributed by atoms with van der Waals surface area (Å²) in [4.78, 5) is 73.7. The Balaban J connectivity index is 0.951. The highest BCUT2D eigenvalue weighted by atomic mass is 32.1. The van der Waals surface area contributed by atoms with E-state index < -0.39 is 11.2 Å².